The highest BCUT2D eigenvalue weighted by molar-refractivity contribution is 7.07. The summed E-state index contributed by atoms with van der Waals surface area (Å²) in [4.78, 5) is 0. The summed E-state index contributed by atoms with van der Waals surface area (Å²) in [7, 11) is 0. The fourth-order valence-electron chi connectivity index (χ4n) is 1.01. The summed E-state index contributed by atoms with van der Waals surface area (Å²) >= 11 is 1.72. The molecule has 74 valence electrons. The van der Waals surface area contributed by atoms with Gasteiger partial charge in [0.2, 0.25) is 0 Å². The van der Waals surface area contributed by atoms with Crippen LogP contribution in [0.25, 0.3) is 0 Å². The van der Waals surface area contributed by atoms with E-state index < -0.39 is 0 Å². The van der Waals surface area contributed by atoms with Crippen molar-refractivity contribution in [1.29, 1.82) is 0 Å². The first-order valence-corrected chi connectivity index (χ1v) is 5.41. The van der Waals surface area contributed by atoms with Crippen molar-refractivity contribution in [2.75, 3.05) is 26.2 Å². The van der Waals surface area contributed by atoms with Gasteiger partial charge in [-0.15, -0.1) is 0 Å². The lowest BCUT2D eigenvalue weighted by Gasteiger charge is -2.03. The SMILES string of the molecule is OCCNCCNCc1ccsc1. The van der Waals surface area contributed by atoms with Crippen molar-refractivity contribution in [2.24, 2.45) is 0 Å². The van der Waals surface area contributed by atoms with Crippen LogP contribution in [0.5, 0.6) is 0 Å². The molecule has 0 aliphatic heterocycles. The molecule has 0 unspecified atom stereocenters. The Kier molecular flexibility index (Phi) is 5.76. The van der Waals surface area contributed by atoms with Crippen LogP contribution in [0.3, 0.4) is 0 Å². The molecule has 0 bridgehead atoms. The first-order chi connectivity index (χ1) is 6.43. The number of thiophene rings is 1. The van der Waals surface area contributed by atoms with Gasteiger partial charge in [-0.1, -0.05) is 0 Å². The third kappa shape index (κ3) is 5.00. The first kappa shape index (κ1) is 10.7. The summed E-state index contributed by atoms with van der Waals surface area (Å²) in [6.45, 7) is 3.68. The van der Waals surface area contributed by atoms with Gasteiger partial charge in [0.25, 0.3) is 0 Å². The Labute approximate surface area is 82.8 Å². The third-order valence-electron chi connectivity index (χ3n) is 1.68. The lowest BCUT2D eigenvalue weighted by atomic mass is 10.3. The molecular formula is C9H16N2OS. The maximum Gasteiger partial charge on any atom is 0.0555 e. The van der Waals surface area contributed by atoms with E-state index in [1.807, 2.05) is 0 Å². The molecule has 0 fully saturated rings. The summed E-state index contributed by atoms with van der Waals surface area (Å²) in [5.74, 6) is 0. The summed E-state index contributed by atoms with van der Waals surface area (Å²) in [5, 5.41) is 19.1. The minimum absolute atomic E-state index is 0.213. The fourth-order valence-corrected chi connectivity index (χ4v) is 1.68. The molecule has 0 radical (unpaired) electrons. The molecule has 0 spiro atoms. The van der Waals surface area contributed by atoms with Crippen LogP contribution in [0.1, 0.15) is 5.56 Å². The second-order valence-electron chi connectivity index (χ2n) is 2.78. The van der Waals surface area contributed by atoms with Crippen molar-refractivity contribution in [3.05, 3.63) is 22.4 Å². The molecule has 13 heavy (non-hydrogen) atoms. The first-order valence-electron chi connectivity index (χ1n) is 4.47. The second-order valence-corrected chi connectivity index (χ2v) is 3.56. The van der Waals surface area contributed by atoms with E-state index in [9.17, 15) is 0 Å². The normalized spacial score (nSPS) is 10.5. The molecule has 1 rings (SSSR count). The van der Waals surface area contributed by atoms with E-state index in [4.69, 9.17) is 5.11 Å². The number of aliphatic hydroxyl groups excluding tert-OH is 1. The highest BCUT2D eigenvalue weighted by atomic mass is 32.1. The van der Waals surface area contributed by atoms with Gasteiger partial charge < -0.3 is 15.7 Å². The number of hydrogen-bond acceptors (Lipinski definition) is 4. The number of rotatable bonds is 7. The van der Waals surface area contributed by atoms with Crippen molar-refractivity contribution in [1.82, 2.24) is 10.6 Å². The molecule has 0 amide bonds. The van der Waals surface area contributed by atoms with E-state index in [2.05, 4.69) is 27.5 Å². The molecule has 0 aliphatic carbocycles. The van der Waals surface area contributed by atoms with Crippen LogP contribution < -0.4 is 10.6 Å². The zero-order valence-electron chi connectivity index (χ0n) is 7.62. The van der Waals surface area contributed by atoms with E-state index in [1.165, 1.54) is 5.56 Å². The van der Waals surface area contributed by atoms with Crippen molar-refractivity contribution in [2.45, 2.75) is 6.54 Å². The van der Waals surface area contributed by atoms with Gasteiger partial charge in [0.1, 0.15) is 0 Å². The Morgan fingerprint density at radius 1 is 1.23 bits per heavy atom. The molecule has 1 heterocycles. The lowest BCUT2D eigenvalue weighted by Crippen LogP contribution is -2.28. The Morgan fingerprint density at radius 3 is 2.77 bits per heavy atom. The number of hydrogen-bond donors (Lipinski definition) is 3. The minimum Gasteiger partial charge on any atom is -0.395 e. The average molecular weight is 200 g/mol. The maximum atomic E-state index is 8.49. The summed E-state index contributed by atoms with van der Waals surface area (Å²) in [5.41, 5.74) is 1.34. The fraction of sp³-hybridized carbons (Fsp3) is 0.556. The molecule has 3 nitrogen and oxygen atoms in total. The predicted molar refractivity (Wildman–Crippen MR) is 56.0 cm³/mol. The Hall–Kier alpha value is -0.420. The van der Waals surface area contributed by atoms with Crippen LogP contribution in [-0.2, 0) is 6.54 Å². The Balaban J connectivity index is 1.90. The largest absolute Gasteiger partial charge is 0.395 e. The summed E-state index contributed by atoms with van der Waals surface area (Å²) < 4.78 is 0. The van der Waals surface area contributed by atoms with Crippen LogP contribution in [0, 0.1) is 0 Å². The number of aliphatic hydroxyl groups is 1. The zero-order chi connectivity index (χ0) is 9.36. The molecule has 0 saturated heterocycles. The molecule has 0 atom stereocenters. The van der Waals surface area contributed by atoms with Gasteiger partial charge >= 0.3 is 0 Å². The van der Waals surface area contributed by atoms with Gasteiger partial charge in [-0.25, -0.2) is 0 Å². The third-order valence-corrected chi connectivity index (χ3v) is 2.41. The summed E-state index contributed by atoms with van der Waals surface area (Å²) in [6, 6.07) is 2.12. The zero-order valence-corrected chi connectivity index (χ0v) is 8.44. The summed E-state index contributed by atoms with van der Waals surface area (Å²) in [6.07, 6.45) is 0. The van der Waals surface area contributed by atoms with Gasteiger partial charge in [0.05, 0.1) is 6.61 Å². The minimum atomic E-state index is 0.213. The van der Waals surface area contributed by atoms with Gasteiger partial charge in [0.15, 0.2) is 0 Å². The highest BCUT2D eigenvalue weighted by Crippen LogP contribution is 2.04. The molecule has 0 aliphatic rings. The quantitative estimate of drug-likeness (QED) is 0.559. The van der Waals surface area contributed by atoms with E-state index in [0.29, 0.717) is 6.54 Å². The van der Waals surface area contributed by atoms with Crippen LogP contribution in [0.15, 0.2) is 16.8 Å². The molecular weight excluding hydrogens is 184 g/mol. The maximum absolute atomic E-state index is 8.49. The molecule has 0 saturated carbocycles. The lowest BCUT2D eigenvalue weighted by molar-refractivity contribution is 0.292. The van der Waals surface area contributed by atoms with Crippen LogP contribution >= 0.6 is 11.3 Å². The van der Waals surface area contributed by atoms with Crippen molar-refractivity contribution in [3.63, 3.8) is 0 Å². The van der Waals surface area contributed by atoms with E-state index >= 15 is 0 Å². The standard InChI is InChI=1S/C9H16N2OS/c12-5-4-10-2-3-11-7-9-1-6-13-8-9/h1,6,8,10-12H,2-5,7H2. The molecule has 0 aromatic carbocycles. The highest BCUT2D eigenvalue weighted by Gasteiger charge is 1.91. The van der Waals surface area contributed by atoms with Crippen molar-refractivity contribution >= 4 is 11.3 Å². The van der Waals surface area contributed by atoms with E-state index in [0.717, 1.165) is 19.6 Å². The molecule has 4 heteroatoms. The van der Waals surface area contributed by atoms with Gasteiger partial charge in [-0.2, -0.15) is 11.3 Å². The average Bonchev–Trinajstić information content (AvgIpc) is 2.63. The van der Waals surface area contributed by atoms with E-state index in [-0.39, 0.29) is 6.61 Å². The Bertz CT molecular complexity index is 201. The monoisotopic (exact) mass is 200 g/mol. The Morgan fingerprint density at radius 2 is 2.08 bits per heavy atom. The molecule has 1 aromatic heterocycles. The smallest absolute Gasteiger partial charge is 0.0555 e. The van der Waals surface area contributed by atoms with Gasteiger partial charge in [-0.05, 0) is 22.4 Å². The van der Waals surface area contributed by atoms with E-state index in [1.54, 1.807) is 11.3 Å². The predicted octanol–water partition coefficient (Wildman–Crippen LogP) is 0.420. The topological polar surface area (TPSA) is 44.3 Å². The van der Waals surface area contributed by atoms with Crippen LogP contribution in [-0.4, -0.2) is 31.3 Å². The van der Waals surface area contributed by atoms with Gasteiger partial charge in [-0.3, -0.25) is 0 Å². The van der Waals surface area contributed by atoms with Crippen molar-refractivity contribution < 1.29 is 5.11 Å². The second kappa shape index (κ2) is 7.03. The van der Waals surface area contributed by atoms with Crippen molar-refractivity contribution in [3.8, 4) is 0 Å². The van der Waals surface area contributed by atoms with Crippen LogP contribution in [0.4, 0.5) is 0 Å². The number of nitrogens with one attached hydrogen (secondary N) is 2. The van der Waals surface area contributed by atoms with Gasteiger partial charge in [0, 0.05) is 26.2 Å². The molecule has 1 aromatic rings. The van der Waals surface area contributed by atoms with Crippen LogP contribution in [0.2, 0.25) is 0 Å². The molecule has 3 N–H and O–H groups in total.